The first-order chi connectivity index (χ1) is 13.7. The van der Waals surface area contributed by atoms with E-state index in [2.05, 4.69) is 16.9 Å². The van der Waals surface area contributed by atoms with Crippen LogP contribution in [0.15, 0.2) is 36.7 Å². The zero-order chi connectivity index (χ0) is 19.8. The number of aromatic nitrogens is 2. The molecule has 0 radical (unpaired) electrons. The van der Waals surface area contributed by atoms with Gasteiger partial charge in [0.2, 0.25) is 11.8 Å². The van der Waals surface area contributed by atoms with Gasteiger partial charge in [-0.15, -0.1) is 0 Å². The molecule has 1 aromatic heterocycles. The summed E-state index contributed by atoms with van der Waals surface area (Å²) < 4.78 is 16.6. The topological polar surface area (TPSA) is 73.8 Å². The highest BCUT2D eigenvalue weighted by atomic mass is 16.5. The lowest BCUT2D eigenvalue weighted by Crippen LogP contribution is -2.31. The molecule has 1 amide bonds. The van der Waals surface area contributed by atoms with Crippen molar-refractivity contribution in [3.63, 3.8) is 0 Å². The molecule has 0 bridgehead atoms. The summed E-state index contributed by atoms with van der Waals surface area (Å²) in [4.78, 5) is 22.8. The summed E-state index contributed by atoms with van der Waals surface area (Å²) in [7, 11) is 1.53. The van der Waals surface area contributed by atoms with E-state index < -0.39 is 0 Å². The highest BCUT2D eigenvalue weighted by Gasteiger charge is 2.28. The predicted molar refractivity (Wildman–Crippen MR) is 105 cm³/mol. The van der Waals surface area contributed by atoms with Gasteiger partial charge in [-0.05, 0) is 30.7 Å². The Morgan fingerprint density at radius 1 is 1.18 bits per heavy atom. The predicted octanol–water partition coefficient (Wildman–Crippen LogP) is 3.35. The standard InChI is InChI=1S/C21H27N3O4/c1-3-4-5-12-27-17-8-6-16(7-9-17)21(25)24-11-10-18(15-24)28-20-14-22-13-19(23-20)26-2/h6-9,13-14,18H,3-5,10-12,15H2,1-2H3. The lowest BCUT2D eigenvalue weighted by atomic mass is 10.2. The van der Waals surface area contributed by atoms with Gasteiger partial charge in [-0.3, -0.25) is 9.78 Å². The summed E-state index contributed by atoms with van der Waals surface area (Å²) in [6.45, 7) is 4.04. The van der Waals surface area contributed by atoms with Gasteiger partial charge >= 0.3 is 0 Å². The summed E-state index contributed by atoms with van der Waals surface area (Å²) >= 11 is 0. The van der Waals surface area contributed by atoms with Crippen LogP contribution in [0, 0.1) is 0 Å². The number of carbonyl (C=O) groups is 1. The van der Waals surface area contributed by atoms with E-state index in [1.54, 1.807) is 11.1 Å². The Hall–Kier alpha value is -2.83. The van der Waals surface area contributed by atoms with Crippen molar-refractivity contribution in [1.82, 2.24) is 14.9 Å². The minimum atomic E-state index is -0.105. The molecule has 1 saturated heterocycles. The first-order valence-corrected chi connectivity index (χ1v) is 9.74. The lowest BCUT2D eigenvalue weighted by Gasteiger charge is -2.17. The summed E-state index contributed by atoms with van der Waals surface area (Å²) in [5.74, 6) is 1.61. The molecule has 1 aliphatic heterocycles. The Morgan fingerprint density at radius 3 is 2.71 bits per heavy atom. The average Bonchev–Trinajstić information content (AvgIpc) is 3.19. The van der Waals surface area contributed by atoms with E-state index in [0.29, 0.717) is 37.0 Å². The van der Waals surface area contributed by atoms with Crippen LogP contribution in [0.4, 0.5) is 0 Å². The van der Waals surface area contributed by atoms with Crippen LogP contribution in [-0.2, 0) is 0 Å². The molecule has 2 aromatic rings. The number of rotatable bonds is 9. The number of nitrogens with zero attached hydrogens (tertiary/aromatic N) is 3. The maximum Gasteiger partial charge on any atom is 0.253 e. The molecule has 0 aliphatic carbocycles. The second kappa shape index (κ2) is 9.92. The molecule has 1 aliphatic rings. The summed E-state index contributed by atoms with van der Waals surface area (Å²) in [6.07, 6.45) is 7.10. The highest BCUT2D eigenvalue weighted by molar-refractivity contribution is 5.94. The quantitative estimate of drug-likeness (QED) is 0.617. The van der Waals surface area contributed by atoms with Crippen LogP contribution in [0.1, 0.15) is 43.0 Å². The molecule has 2 heterocycles. The zero-order valence-corrected chi connectivity index (χ0v) is 16.5. The maximum absolute atomic E-state index is 12.7. The van der Waals surface area contributed by atoms with Crippen LogP contribution < -0.4 is 14.2 Å². The Bertz CT molecular complexity index is 767. The molecular weight excluding hydrogens is 358 g/mol. The fourth-order valence-electron chi connectivity index (χ4n) is 3.08. The van der Waals surface area contributed by atoms with Gasteiger partial charge in [0.1, 0.15) is 11.9 Å². The smallest absolute Gasteiger partial charge is 0.253 e. The van der Waals surface area contributed by atoms with Crippen LogP contribution in [0.2, 0.25) is 0 Å². The molecule has 1 fully saturated rings. The summed E-state index contributed by atoms with van der Waals surface area (Å²) in [5, 5.41) is 0. The van der Waals surface area contributed by atoms with Crippen LogP contribution in [0.5, 0.6) is 17.5 Å². The van der Waals surface area contributed by atoms with Gasteiger partial charge in [0.05, 0.1) is 32.7 Å². The van der Waals surface area contributed by atoms with E-state index >= 15 is 0 Å². The Kier molecular flexibility index (Phi) is 7.06. The Balaban J connectivity index is 1.51. The molecule has 1 atom stereocenters. The van der Waals surface area contributed by atoms with E-state index in [1.807, 2.05) is 24.3 Å². The minimum Gasteiger partial charge on any atom is -0.494 e. The SMILES string of the molecule is CCCCCOc1ccc(C(=O)N2CCC(Oc3cncc(OC)n3)C2)cc1. The van der Waals surface area contributed by atoms with Gasteiger partial charge in [-0.2, -0.15) is 4.98 Å². The molecule has 7 heteroatoms. The molecule has 1 aromatic carbocycles. The molecule has 0 saturated carbocycles. The second-order valence-electron chi connectivity index (χ2n) is 6.76. The monoisotopic (exact) mass is 385 g/mol. The first kappa shape index (κ1) is 19.9. The first-order valence-electron chi connectivity index (χ1n) is 9.74. The third-order valence-corrected chi connectivity index (χ3v) is 4.64. The van der Waals surface area contributed by atoms with Gasteiger partial charge in [0.15, 0.2) is 0 Å². The third-order valence-electron chi connectivity index (χ3n) is 4.64. The summed E-state index contributed by atoms with van der Waals surface area (Å²) in [5.41, 5.74) is 0.655. The second-order valence-corrected chi connectivity index (χ2v) is 6.76. The van der Waals surface area contributed by atoms with Gasteiger partial charge < -0.3 is 19.1 Å². The van der Waals surface area contributed by atoms with Gasteiger partial charge in [-0.1, -0.05) is 19.8 Å². The fourth-order valence-corrected chi connectivity index (χ4v) is 3.08. The van der Waals surface area contributed by atoms with Crippen molar-refractivity contribution < 1.29 is 19.0 Å². The van der Waals surface area contributed by atoms with E-state index in [-0.39, 0.29) is 12.0 Å². The molecule has 28 heavy (non-hydrogen) atoms. The largest absolute Gasteiger partial charge is 0.494 e. The number of benzene rings is 1. The number of hydrogen-bond acceptors (Lipinski definition) is 6. The van der Waals surface area contributed by atoms with Crippen LogP contribution in [-0.4, -0.2) is 53.7 Å². The lowest BCUT2D eigenvalue weighted by molar-refractivity contribution is 0.0771. The molecule has 7 nitrogen and oxygen atoms in total. The van der Waals surface area contributed by atoms with Crippen LogP contribution in [0.3, 0.4) is 0 Å². The van der Waals surface area contributed by atoms with Crippen molar-refractivity contribution in [3.05, 3.63) is 42.2 Å². The van der Waals surface area contributed by atoms with Gasteiger partial charge in [0, 0.05) is 18.5 Å². The highest BCUT2D eigenvalue weighted by Crippen LogP contribution is 2.21. The Morgan fingerprint density at radius 2 is 1.96 bits per heavy atom. The molecule has 3 rings (SSSR count). The van der Waals surface area contributed by atoms with Gasteiger partial charge in [-0.25, -0.2) is 0 Å². The third kappa shape index (κ3) is 5.34. The number of hydrogen-bond donors (Lipinski definition) is 0. The number of ether oxygens (including phenoxy) is 3. The van der Waals surface area contributed by atoms with Crippen LogP contribution >= 0.6 is 0 Å². The van der Waals surface area contributed by atoms with E-state index in [9.17, 15) is 4.79 Å². The zero-order valence-electron chi connectivity index (χ0n) is 16.5. The maximum atomic E-state index is 12.7. The van der Waals surface area contributed by atoms with E-state index in [1.165, 1.54) is 19.7 Å². The summed E-state index contributed by atoms with van der Waals surface area (Å²) in [6, 6.07) is 7.35. The van der Waals surface area contributed by atoms with Crippen molar-refractivity contribution in [1.29, 1.82) is 0 Å². The number of carbonyl (C=O) groups excluding carboxylic acids is 1. The molecule has 0 spiro atoms. The molecular formula is C21H27N3O4. The molecule has 0 N–H and O–H groups in total. The number of likely N-dealkylation sites (tertiary alicyclic amines) is 1. The number of amides is 1. The van der Waals surface area contributed by atoms with E-state index in [4.69, 9.17) is 14.2 Å². The van der Waals surface area contributed by atoms with Crippen molar-refractivity contribution >= 4 is 5.91 Å². The van der Waals surface area contributed by atoms with Crippen molar-refractivity contribution in [2.75, 3.05) is 26.8 Å². The Labute approximate surface area is 165 Å². The van der Waals surface area contributed by atoms with Crippen molar-refractivity contribution in [2.45, 2.75) is 38.7 Å². The van der Waals surface area contributed by atoms with E-state index in [0.717, 1.165) is 25.0 Å². The molecule has 150 valence electrons. The molecule has 1 unspecified atom stereocenters. The normalized spacial score (nSPS) is 16.1. The number of methoxy groups -OCH3 is 1. The minimum absolute atomic E-state index is 0.000333. The van der Waals surface area contributed by atoms with Gasteiger partial charge in [0.25, 0.3) is 5.91 Å². The van der Waals surface area contributed by atoms with Crippen LogP contribution in [0.25, 0.3) is 0 Å². The van der Waals surface area contributed by atoms with Crippen molar-refractivity contribution in [2.24, 2.45) is 0 Å². The van der Waals surface area contributed by atoms with Crippen molar-refractivity contribution in [3.8, 4) is 17.5 Å². The number of unbranched alkanes of at least 4 members (excludes halogenated alkanes) is 2. The average molecular weight is 385 g/mol. The fraction of sp³-hybridized carbons (Fsp3) is 0.476.